The predicted molar refractivity (Wildman–Crippen MR) is 85.6 cm³/mol. The molecule has 0 amide bonds. The molecule has 2 nitrogen and oxygen atoms in total. The Bertz CT molecular complexity index is 493. The van der Waals surface area contributed by atoms with Crippen molar-refractivity contribution in [1.82, 2.24) is 0 Å². The molecule has 2 rings (SSSR count). The zero-order valence-corrected chi connectivity index (χ0v) is 12.3. The highest BCUT2D eigenvalue weighted by Crippen LogP contribution is 2.17. The van der Waals surface area contributed by atoms with Crippen LogP contribution in [0.2, 0.25) is 0 Å². The van der Waals surface area contributed by atoms with Gasteiger partial charge in [-0.3, -0.25) is 0 Å². The average Bonchev–Trinajstić information content (AvgIpc) is 2.48. The van der Waals surface area contributed by atoms with Crippen LogP contribution in [0.4, 0.5) is 11.4 Å². The molecule has 0 heterocycles. The van der Waals surface area contributed by atoms with Gasteiger partial charge < -0.3 is 10.1 Å². The molecule has 1 atom stereocenters. The van der Waals surface area contributed by atoms with Crippen LogP contribution < -0.4 is 5.32 Å². The summed E-state index contributed by atoms with van der Waals surface area (Å²) in [6.45, 7) is 5.11. The number of benzene rings is 2. The minimum Gasteiger partial charge on any atom is -0.378 e. The van der Waals surface area contributed by atoms with Crippen LogP contribution in [-0.2, 0) is 11.2 Å². The fourth-order valence-electron chi connectivity index (χ4n) is 2.12. The number of hydrogen-bond acceptors (Lipinski definition) is 2. The van der Waals surface area contributed by atoms with Crippen molar-refractivity contribution in [3.05, 3.63) is 60.2 Å². The summed E-state index contributed by atoms with van der Waals surface area (Å²) in [5, 5.41) is 3.39. The minimum absolute atomic E-state index is 0.280. The highest BCUT2D eigenvalue weighted by atomic mass is 16.5. The lowest BCUT2D eigenvalue weighted by atomic mass is 10.1. The Kier molecular flexibility index (Phi) is 5.63. The van der Waals surface area contributed by atoms with E-state index in [1.165, 1.54) is 5.56 Å². The van der Waals surface area contributed by atoms with E-state index in [0.717, 1.165) is 30.8 Å². The number of para-hydroxylation sites is 1. The molecule has 0 saturated carbocycles. The monoisotopic (exact) mass is 269 g/mol. The second-order valence-corrected chi connectivity index (χ2v) is 5.07. The van der Waals surface area contributed by atoms with Crippen molar-refractivity contribution in [3.63, 3.8) is 0 Å². The Morgan fingerprint density at radius 2 is 1.60 bits per heavy atom. The summed E-state index contributed by atoms with van der Waals surface area (Å²) in [6, 6.07) is 18.8. The van der Waals surface area contributed by atoms with Gasteiger partial charge in [-0.1, -0.05) is 37.3 Å². The summed E-state index contributed by atoms with van der Waals surface area (Å²) < 4.78 is 5.71. The van der Waals surface area contributed by atoms with Gasteiger partial charge in [0.15, 0.2) is 0 Å². The lowest BCUT2D eigenvalue weighted by Crippen LogP contribution is -2.12. The first-order chi connectivity index (χ1) is 9.78. The van der Waals surface area contributed by atoms with E-state index in [2.05, 4.69) is 55.6 Å². The van der Waals surface area contributed by atoms with Gasteiger partial charge in [0, 0.05) is 18.0 Å². The first-order valence-corrected chi connectivity index (χ1v) is 7.30. The molecule has 0 radical (unpaired) electrons. The SMILES string of the molecule is CCCOC(C)Cc1ccc(Nc2ccccc2)cc1. The molecule has 106 valence electrons. The second-order valence-electron chi connectivity index (χ2n) is 5.07. The molecule has 1 N–H and O–H groups in total. The zero-order chi connectivity index (χ0) is 14.2. The maximum atomic E-state index is 5.71. The lowest BCUT2D eigenvalue weighted by Gasteiger charge is -2.13. The quantitative estimate of drug-likeness (QED) is 0.780. The Morgan fingerprint density at radius 3 is 2.25 bits per heavy atom. The van der Waals surface area contributed by atoms with E-state index in [9.17, 15) is 0 Å². The summed E-state index contributed by atoms with van der Waals surface area (Å²) in [4.78, 5) is 0. The van der Waals surface area contributed by atoms with E-state index < -0.39 is 0 Å². The van der Waals surface area contributed by atoms with Crippen LogP contribution in [0, 0.1) is 0 Å². The first kappa shape index (κ1) is 14.6. The van der Waals surface area contributed by atoms with Crippen molar-refractivity contribution >= 4 is 11.4 Å². The minimum atomic E-state index is 0.280. The topological polar surface area (TPSA) is 21.3 Å². The van der Waals surface area contributed by atoms with Gasteiger partial charge in [-0.25, -0.2) is 0 Å². The van der Waals surface area contributed by atoms with Gasteiger partial charge in [0.2, 0.25) is 0 Å². The fraction of sp³-hybridized carbons (Fsp3) is 0.333. The van der Waals surface area contributed by atoms with Gasteiger partial charge in [0.25, 0.3) is 0 Å². The normalized spacial score (nSPS) is 12.1. The number of rotatable bonds is 7. The third-order valence-electron chi connectivity index (χ3n) is 3.15. The maximum Gasteiger partial charge on any atom is 0.0587 e. The van der Waals surface area contributed by atoms with Crippen LogP contribution in [0.5, 0.6) is 0 Å². The van der Waals surface area contributed by atoms with E-state index in [0.29, 0.717) is 0 Å². The largest absolute Gasteiger partial charge is 0.378 e. The summed E-state index contributed by atoms with van der Waals surface area (Å²) in [7, 11) is 0. The number of hydrogen-bond donors (Lipinski definition) is 1. The Morgan fingerprint density at radius 1 is 0.950 bits per heavy atom. The standard InChI is InChI=1S/C18H23NO/c1-3-13-20-15(2)14-16-9-11-18(12-10-16)19-17-7-5-4-6-8-17/h4-12,15,19H,3,13-14H2,1-2H3. The molecule has 0 saturated heterocycles. The van der Waals surface area contributed by atoms with Crippen molar-refractivity contribution in [3.8, 4) is 0 Å². The van der Waals surface area contributed by atoms with Gasteiger partial charge in [-0.05, 0) is 49.6 Å². The summed E-state index contributed by atoms with van der Waals surface area (Å²) in [5.41, 5.74) is 3.54. The number of anilines is 2. The molecule has 0 aliphatic carbocycles. The van der Waals surface area contributed by atoms with Crippen molar-refractivity contribution < 1.29 is 4.74 Å². The highest BCUT2D eigenvalue weighted by molar-refractivity contribution is 5.59. The average molecular weight is 269 g/mol. The Labute approximate surface area is 121 Å². The molecule has 0 fully saturated rings. The maximum absolute atomic E-state index is 5.71. The van der Waals surface area contributed by atoms with Crippen molar-refractivity contribution in [1.29, 1.82) is 0 Å². The predicted octanol–water partition coefficient (Wildman–Crippen LogP) is 4.79. The van der Waals surface area contributed by atoms with E-state index >= 15 is 0 Å². The molecule has 2 aromatic carbocycles. The van der Waals surface area contributed by atoms with Gasteiger partial charge in [0.1, 0.15) is 0 Å². The van der Waals surface area contributed by atoms with Crippen molar-refractivity contribution in [2.24, 2.45) is 0 Å². The van der Waals surface area contributed by atoms with Crippen molar-refractivity contribution in [2.45, 2.75) is 32.8 Å². The fourth-order valence-corrected chi connectivity index (χ4v) is 2.12. The van der Waals surface area contributed by atoms with Gasteiger partial charge in [-0.2, -0.15) is 0 Å². The smallest absolute Gasteiger partial charge is 0.0587 e. The van der Waals surface area contributed by atoms with E-state index in [-0.39, 0.29) is 6.10 Å². The van der Waals surface area contributed by atoms with Gasteiger partial charge >= 0.3 is 0 Å². The number of ether oxygens (including phenoxy) is 1. The van der Waals surface area contributed by atoms with Gasteiger partial charge in [0.05, 0.1) is 6.10 Å². The molecular formula is C18H23NO. The van der Waals surface area contributed by atoms with Crippen LogP contribution in [0.15, 0.2) is 54.6 Å². The summed E-state index contributed by atoms with van der Waals surface area (Å²) >= 11 is 0. The second kappa shape index (κ2) is 7.71. The van der Waals surface area contributed by atoms with E-state index in [1.54, 1.807) is 0 Å². The Hall–Kier alpha value is -1.80. The van der Waals surface area contributed by atoms with Crippen LogP contribution in [-0.4, -0.2) is 12.7 Å². The third-order valence-corrected chi connectivity index (χ3v) is 3.15. The molecule has 0 bridgehead atoms. The molecule has 1 unspecified atom stereocenters. The molecule has 0 aliphatic rings. The molecular weight excluding hydrogens is 246 g/mol. The third kappa shape index (κ3) is 4.71. The van der Waals surface area contributed by atoms with E-state index in [4.69, 9.17) is 4.74 Å². The van der Waals surface area contributed by atoms with E-state index in [1.807, 2.05) is 18.2 Å². The molecule has 2 aromatic rings. The molecule has 0 aliphatic heterocycles. The highest BCUT2D eigenvalue weighted by Gasteiger charge is 2.03. The van der Waals surface area contributed by atoms with Crippen molar-refractivity contribution in [2.75, 3.05) is 11.9 Å². The Balaban J connectivity index is 1.89. The van der Waals surface area contributed by atoms with Crippen LogP contribution >= 0.6 is 0 Å². The molecule has 20 heavy (non-hydrogen) atoms. The van der Waals surface area contributed by atoms with Gasteiger partial charge in [-0.15, -0.1) is 0 Å². The lowest BCUT2D eigenvalue weighted by molar-refractivity contribution is 0.0669. The molecule has 2 heteroatoms. The summed E-state index contributed by atoms with van der Waals surface area (Å²) in [5.74, 6) is 0. The summed E-state index contributed by atoms with van der Waals surface area (Å²) in [6.07, 6.45) is 2.32. The zero-order valence-electron chi connectivity index (χ0n) is 12.3. The number of nitrogens with one attached hydrogen (secondary N) is 1. The molecule has 0 aromatic heterocycles. The first-order valence-electron chi connectivity index (χ1n) is 7.30. The van der Waals surface area contributed by atoms with Crippen LogP contribution in [0.1, 0.15) is 25.8 Å². The molecule has 0 spiro atoms. The van der Waals surface area contributed by atoms with Crippen LogP contribution in [0.3, 0.4) is 0 Å². The van der Waals surface area contributed by atoms with Crippen LogP contribution in [0.25, 0.3) is 0 Å².